The number of hydrogen-bond donors (Lipinski definition) is 4. The lowest BCUT2D eigenvalue weighted by Gasteiger charge is -2.34. The van der Waals surface area contributed by atoms with E-state index in [-0.39, 0.29) is 47.6 Å². The third-order valence-corrected chi connectivity index (χ3v) is 8.27. The second-order valence-corrected chi connectivity index (χ2v) is 13.1. The summed E-state index contributed by atoms with van der Waals surface area (Å²) in [6.45, 7) is 7.15. The fourth-order valence-corrected chi connectivity index (χ4v) is 5.87. The van der Waals surface area contributed by atoms with Crippen molar-refractivity contribution in [2.45, 2.75) is 89.8 Å². The Hall–Kier alpha value is -3.75. The predicted octanol–water partition coefficient (Wildman–Crippen LogP) is 1.40. The Morgan fingerprint density at radius 2 is 1.86 bits per heavy atom. The van der Waals surface area contributed by atoms with Crippen molar-refractivity contribution in [1.82, 2.24) is 25.4 Å². The standard InChI is InChI=1S/C29H46N8O6S/c1-29(2,3)43-28(42)36-15-10-19(11-16-36)8-9-22(38)35-21-7-5-14-37(26(21)41)18-23(39)34-20(6-4-12-33-27(30)31)24(40)25-32-13-17-44-25/h13,17,19-21H,4-12,14-16,18H2,1-3H3,(H,34,39)(H,35,38)(H4,30,31,33)/t20-,21-/m0/s1. The maximum atomic E-state index is 13.2. The molecule has 0 aliphatic carbocycles. The highest BCUT2D eigenvalue weighted by Crippen LogP contribution is 2.24. The van der Waals surface area contributed by atoms with Crippen LogP contribution in [0.2, 0.25) is 0 Å². The molecule has 244 valence electrons. The van der Waals surface area contributed by atoms with E-state index in [1.54, 1.807) is 10.3 Å². The minimum Gasteiger partial charge on any atom is -0.444 e. The fraction of sp³-hybridized carbons (Fsp3) is 0.690. The summed E-state index contributed by atoms with van der Waals surface area (Å²) in [6, 6.07) is -1.54. The van der Waals surface area contributed by atoms with Gasteiger partial charge in [-0.1, -0.05) is 0 Å². The molecule has 14 nitrogen and oxygen atoms in total. The lowest BCUT2D eigenvalue weighted by Crippen LogP contribution is -2.55. The summed E-state index contributed by atoms with van der Waals surface area (Å²) in [5.74, 6) is -1.06. The van der Waals surface area contributed by atoms with Crippen LogP contribution in [-0.4, -0.2) is 101 Å². The minimum atomic E-state index is -0.839. The first-order valence-corrected chi connectivity index (χ1v) is 16.0. The number of Topliss-reactive ketones (excluding diaryl/α,β-unsaturated/α-hetero) is 1. The molecule has 0 aromatic carbocycles. The molecule has 2 aliphatic rings. The molecular formula is C29H46N8O6S. The van der Waals surface area contributed by atoms with Crippen LogP contribution >= 0.6 is 11.3 Å². The van der Waals surface area contributed by atoms with Crippen LogP contribution in [0.15, 0.2) is 16.6 Å². The smallest absolute Gasteiger partial charge is 0.410 e. The van der Waals surface area contributed by atoms with Crippen LogP contribution in [0.4, 0.5) is 4.79 Å². The van der Waals surface area contributed by atoms with E-state index >= 15 is 0 Å². The SMILES string of the molecule is CC(C)(C)OC(=O)N1CCC(CCC(=O)N[C@H]2CCCN(CC(=O)N[C@@H](CCCN=C(N)N)C(=O)c3nccs3)C2=O)CC1. The van der Waals surface area contributed by atoms with Gasteiger partial charge in [0.1, 0.15) is 11.6 Å². The van der Waals surface area contributed by atoms with Gasteiger partial charge in [0.2, 0.25) is 23.5 Å². The van der Waals surface area contributed by atoms with Gasteiger partial charge in [0, 0.05) is 44.2 Å². The van der Waals surface area contributed by atoms with Crippen LogP contribution in [-0.2, 0) is 19.1 Å². The zero-order chi connectivity index (χ0) is 32.3. The normalized spacial score (nSPS) is 18.3. The molecule has 2 aliphatic heterocycles. The lowest BCUT2D eigenvalue weighted by atomic mass is 9.92. The van der Waals surface area contributed by atoms with E-state index in [4.69, 9.17) is 16.2 Å². The molecule has 0 bridgehead atoms. The molecule has 1 aromatic heterocycles. The maximum Gasteiger partial charge on any atom is 0.410 e. The first-order valence-electron chi connectivity index (χ1n) is 15.2. The summed E-state index contributed by atoms with van der Waals surface area (Å²) < 4.78 is 5.44. The number of rotatable bonds is 13. The number of thiazole rings is 1. The molecule has 4 amide bonds. The number of guanidine groups is 1. The van der Waals surface area contributed by atoms with Gasteiger partial charge >= 0.3 is 6.09 Å². The van der Waals surface area contributed by atoms with E-state index in [2.05, 4.69) is 20.6 Å². The molecule has 2 fully saturated rings. The summed E-state index contributed by atoms with van der Waals surface area (Å²) >= 11 is 1.18. The van der Waals surface area contributed by atoms with Crippen LogP contribution in [0.5, 0.6) is 0 Å². The molecule has 2 atom stereocenters. The Labute approximate surface area is 262 Å². The second-order valence-electron chi connectivity index (χ2n) is 12.2. The van der Waals surface area contributed by atoms with Crippen molar-refractivity contribution < 1.29 is 28.7 Å². The van der Waals surface area contributed by atoms with Crippen molar-refractivity contribution in [2.75, 3.05) is 32.7 Å². The van der Waals surface area contributed by atoms with Crippen molar-refractivity contribution in [2.24, 2.45) is 22.4 Å². The van der Waals surface area contributed by atoms with Gasteiger partial charge in [0.05, 0.1) is 12.6 Å². The maximum absolute atomic E-state index is 13.2. The quantitative estimate of drug-likeness (QED) is 0.107. The molecule has 0 saturated carbocycles. The van der Waals surface area contributed by atoms with Crippen molar-refractivity contribution in [3.8, 4) is 0 Å². The summed E-state index contributed by atoms with van der Waals surface area (Å²) in [5, 5.41) is 7.56. The molecule has 3 rings (SSSR count). The lowest BCUT2D eigenvalue weighted by molar-refractivity contribution is -0.141. The molecule has 44 heavy (non-hydrogen) atoms. The average Bonchev–Trinajstić information content (AvgIpc) is 3.50. The predicted molar refractivity (Wildman–Crippen MR) is 166 cm³/mol. The number of nitrogens with zero attached hydrogens (tertiary/aromatic N) is 4. The van der Waals surface area contributed by atoms with Gasteiger partial charge in [0.15, 0.2) is 11.0 Å². The number of aromatic nitrogens is 1. The van der Waals surface area contributed by atoms with Gasteiger partial charge in [0.25, 0.3) is 0 Å². The van der Waals surface area contributed by atoms with E-state index in [0.29, 0.717) is 64.2 Å². The third kappa shape index (κ3) is 11.4. The number of piperidine rings is 2. The van der Waals surface area contributed by atoms with Gasteiger partial charge < -0.3 is 36.6 Å². The van der Waals surface area contributed by atoms with Crippen LogP contribution in [0, 0.1) is 5.92 Å². The number of aliphatic imine (C=N–C) groups is 1. The molecule has 0 spiro atoms. The van der Waals surface area contributed by atoms with Gasteiger partial charge in [-0.15, -0.1) is 11.3 Å². The van der Waals surface area contributed by atoms with Gasteiger partial charge in [-0.2, -0.15) is 0 Å². The molecule has 6 N–H and O–H groups in total. The zero-order valence-corrected chi connectivity index (χ0v) is 26.7. The van der Waals surface area contributed by atoms with Crippen molar-refractivity contribution in [3.63, 3.8) is 0 Å². The highest BCUT2D eigenvalue weighted by atomic mass is 32.1. The number of carbonyl (C=O) groups is 5. The fourth-order valence-electron chi connectivity index (χ4n) is 5.24. The molecule has 0 unspecified atom stereocenters. The topological polar surface area (TPSA) is 202 Å². The average molecular weight is 635 g/mol. The van der Waals surface area contributed by atoms with E-state index in [1.807, 2.05) is 20.8 Å². The van der Waals surface area contributed by atoms with Gasteiger partial charge in [-0.05, 0) is 71.6 Å². The molecular weight excluding hydrogens is 588 g/mol. The number of ketones is 1. The van der Waals surface area contributed by atoms with Crippen LogP contribution < -0.4 is 22.1 Å². The van der Waals surface area contributed by atoms with Crippen molar-refractivity contribution in [1.29, 1.82) is 0 Å². The Bertz CT molecular complexity index is 1170. The Morgan fingerprint density at radius 3 is 2.50 bits per heavy atom. The highest BCUT2D eigenvalue weighted by Gasteiger charge is 2.33. The summed E-state index contributed by atoms with van der Waals surface area (Å²) in [4.78, 5) is 75.2. The molecule has 3 heterocycles. The second kappa shape index (κ2) is 16.4. The number of likely N-dealkylation sites (tertiary alicyclic amines) is 2. The zero-order valence-electron chi connectivity index (χ0n) is 25.9. The van der Waals surface area contributed by atoms with E-state index in [1.165, 1.54) is 22.4 Å². The first kappa shape index (κ1) is 34.7. The molecule has 2 saturated heterocycles. The van der Waals surface area contributed by atoms with Crippen LogP contribution in [0.1, 0.15) is 81.9 Å². The Kier molecular flexibility index (Phi) is 12.9. The molecule has 0 radical (unpaired) electrons. The Morgan fingerprint density at radius 1 is 1.14 bits per heavy atom. The highest BCUT2D eigenvalue weighted by molar-refractivity contribution is 7.11. The monoisotopic (exact) mass is 634 g/mol. The van der Waals surface area contributed by atoms with Crippen molar-refractivity contribution in [3.05, 3.63) is 16.6 Å². The molecule has 15 heteroatoms. The van der Waals surface area contributed by atoms with Gasteiger partial charge in [-0.25, -0.2) is 9.78 Å². The molecule has 1 aromatic rings. The number of nitrogens with one attached hydrogen (secondary N) is 2. The number of carbonyl (C=O) groups excluding carboxylic acids is 5. The summed E-state index contributed by atoms with van der Waals surface area (Å²) in [5.41, 5.74) is 10.2. The van der Waals surface area contributed by atoms with Gasteiger partial charge in [-0.3, -0.25) is 24.2 Å². The largest absolute Gasteiger partial charge is 0.444 e. The number of hydrogen-bond acceptors (Lipinski definition) is 9. The third-order valence-electron chi connectivity index (χ3n) is 7.49. The van der Waals surface area contributed by atoms with Crippen molar-refractivity contribution >= 4 is 46.9 Å². The minimum absolute atomic E-state index is 0.0530. The number of nitrogens with two attached hydrogens (primary N) is 2. The van der Waals surface area contributed by atoms with E-state index in [0.717, 1.165) is 12.8 Å². The van der Waals surface area contributed by atoms with E-state index in [9.17, 15) is 24.0 Å². The van der Waals surface area contributed by atoms with Crippen LogP contribution in [0.25, 0.3) is 0 Å². The Balaban J connectivity index is 1.44. The number of amides is 4. The van der Waals surface area contributed by atoms with E-state index < -0.39 is 23.6 Å². The first-order chi connectivity index (χ1) is 20.8. The summed E-state index contributed by atoms with van der Waals surface area (Å²) in [7, 11) is 0. The number of ether oxygens (including phenoxy) is 1. The summed E-state index contributed by atoms with van der Waals surface area (Å²) in [6.07, 6.45) is 5.61. The van der Waals surface area contributed by atoms with Crippen LogP contribution in [0.3, 0.4) is 0 Å².